The summed E-state index contributed by atoms with van der Waals surface area (Å²) in [6.07, 6.45) is 5.63. The van der Waals surface area contributed by atoms with Crippen LogP contribution in [0.5, 0.6) is 5.75 Å². The predicted octanol–water partition coefficient (Wildman–Crippen LogP) is 2.51. The zero-order valence-electron chi connectivity index (χ0n) is 15.0. The Kier molecular flexibility index (Phi) is 7.56. The lowest BCUT2D eigenvalue weighted by Gasteiger charge is -2.12. The molecule has 1 aromatic heterocycles. The summed E-state index contributed by atoms with van der Waals surface area (Å²) in [5.74, 6) is 1.62. The highest BCUT2D eigenvalue weighted by atomic mass is 16.5. The number of nitrogens with one attached hydrogen (secondary N) is 2. The number of nitrogens with zero attached hydrogens (tertiary/aromatic N) is 3. The Bertz CT molecular complexity index is 693. The normalized spacial score (nSPS) is 11.2. The molecular formula is C19H27N5O. The monoisotopic (exact) mass is 341 g/mol. The molecule has 0 aliphatic carbocycles. The van der Waals surface area contributed by atoms with Crippen LogP contribution in [-0.4, -0.2) is 35.4 Å². The van der Waals surface area contributed by atoms with Crippen molar-refractivity contribution in [1.82, 2.24) is 20.4 Å². The van der Waals surface area contributed by atoms with E-state index in [1.54, 1.807) is 6.08 Å². The van der Waals surface area contributed by atoms with Crippen LogP contribution in [0.2, 0.25) is 0 Å². The second-order valence-electron chi connectivity index (χ2n) is 5.61. The fourth-order valence-corrected chi connectivity index (χ4v) is 2.31. The van der Waals surface area contributed by atoms with Crippen LogP contribution in [0.3, 0.4) is 0 Å². The molecule has 0 aliphatic rings. The van der Waals surface area contributed by atoms with Crippen LogP contribution in [0, 0.1) is 6.92 Å². The maximum Gasteiger partial charge on any atom is 0.191 e. The summed E-state index contributed by atoms with van der Waals surface area (Å²) in [7, 11) is 0. The molecule has 25 heavy (non-hydrogen) atoms. The number of aryl methyl sites for hydroxylation is 1. The molecule has 2 rings (SSSR count). The molecule has 2 N–H and O–H groups in total. The van der Waals surface area contributed by atoms with Gasteiger partial charge in [-0.2, -0.15) is 5.10 Å². The minimum Gasteiger partial charge on any atom is -0.489 e. The van der Waals surface area contributed by atoms with Crippen LogP contribution < -0.4 is 15.4 Å². The highest BCUT2D eigenvalue weighted by molar-refractivity contribution is 5.79. The first-order valence-corrected chi connectivity index (χ1v) is 8.55. The molecule has 2 aromatic rings. The van der Waals surface area contributed by atoms with E-state index < -0.39 is 0 Å². The van der Waals surface area contributed by atoms with Crippen molar-refractivity contribution >= 4 is 5.96 Å². The van der Waals surface area contributed by atoms with Crippen LogP contribution in [0.15, 0.2) is 54.3 Å². The molecule has 0 aliphatic heterocycles. The van der Waals surface area contributed by atoms with E-state index in [0.717, 1.165) is 42.5 Å². The summed E-state index contributed by atoms with van der Waals surface area (Å²) in [6, 6.07) is 7.93. The Hall–Kier alpha value is -2.76. The minimum atomic E-state index is 0.488. The van der Waals surface area contributed by atoms with Crippen molar-refractivity contribution in [2.45, 2.75) is 26.9 Å². The quantitative estimate of drug-likeness (QED) is 0.418. The van der Waals surface area contributed by atoms with Crippen LogP contribution in [0.25, 0.3) is 0 Å². The molecule has 1 aromatic carbocycles. The van der Waals surface area contributed by atoms with Crippen LogP contribution >= 0.6 is 0 Å². The third-order valence-electron chi connectivity index (χ3n) is 3.48. The van der Waals surface area contributed by atoms with Crippen LogP contribution in [0.1, 0.15) is 18.1 Å². The number of para-hydroxylation sites is 1. The molecule has 0 atom stereocenters. The zero-order valence-corrected chi connectivity index (χ0v) is 15.0. The van der Waals surface area contributed by atoms with Crippen LogP contribution in [-0.2, 0) is 13.1 Å². The Morgan fingerprint density at radius 1 is 1.36 bits per heavy atom. The highest BCUT2D eigenvalue weighted by Gasteiger charge is 2.03. The number of hydrogen-bond donors (Lipinski definition) is 2. The Morgan fingerprint density at radius 3 is 2.92 bits per heavy atom. The van der Waals surface area contributed by atoms with E-state index in [9.17, 15) is 0 Å². The van der Waals surface area contributed by atoms with Crippen molar-refractivity contribution in [1.29, 1.82) is 0 Å². The topological polar surface area (TPSA) is 63.5 Å². The molecule has 0 saturated carbocycles. The molecule has 0 amide bonds. The molecule has 0 fully saturated rings. The molecule has 1 heterocycles. The van der Waals surface area contributed by atoms with Crippen molar-refractivity contribution in [2.24, 2.45) is 4.99 Å². The summed E-state index contributed by atoms with van der Waals surface area (Å²) in [5, 5.41) is 10.9. The van der Waals surface area contributed by atoms with E-state index in [0.29, 0.717) is 13.2 Å². The van der Waals surface area contributed by atoms with Gasteiger partial charge in [-0.1, -0.05) is 30.9 Å². The lowest BCUT2D eigenvalue weighted by atomic mass is 10.2. The average Bonchev–Trinajstić information content (AvgIpc) is 3.03. The van der Waals surface area contributed by atoms with E-state index >= 15 is 0 Å². The maximum absolute atomic E-state index is 5.68. The van der Waals surface area contributed by atoms with Gasteiger partial charge in [0.15, 0.2) is 5.96 Å². The van der Waals surface area contributed by atoms with Gasteiger partial charge in [0.25, 0.3) is 0 Å². The minimum absolute atomic E-state index is 0.488. The second kappa shape index (κ2) is 10.2. The predicted molar refractivity (Wildman–Crippen MR) is 102 cm³/mol. The summed E-state index contributed by atoms with van der Waals surface area (Å²) in [4.78, 5) is 4.65. The number of hydrogen-bond acceptors (Lipinski definition) is 3. The largest absolute Gasteiger partial charge is 0.489 e. The maximum atomic E-state index is 5.68. The SMILES string of the molecule is C=CCOc1ccccc1CN=C(NCC)NCCn1cc(C)cn1. The summed E-state index contributed by atoms with van der Waals surface area (Å²) in [6.45, 7) is 11.2. The molecule has 0 bridgehead atoms. The van der Waals surface area contributed by atoms with Crippen molar-refractivity contribution < 1.29 is 4.74 Å². The number of ether oxygens (including phenoxy) is 1. The van der Waals surface area contributed by atoms with E-state index in [1.165, 1.54) is 0 Å². The number of rotatable bonds is 9. The van der Waals surface area contributed by atoms with Gasteiger partial charge in [-0.15, -0.1) is 0 Å². The molecule has 0 saturated heterocycles. The smallest absolute Gasteiger partial charge is 0.191 e. The number of aromatic nitrogens is 2. The van der Waals surface area contributed by atoms with Crippen molar-refractivity contribution in [3.63, 3.8) is 0 Å². The van der Waals surface area contributed by atoms with E-state index in [1.807, 2.05) is 48.3 Å². The van der Waals surface area contributed by atoms with Crippen LogP contribution in [0.4, 0.5) is 0 Å². The second-order valence-corrected chi connectivity index (χ2v) is 5.61. The highest BCUT2D eigenvalue weighted by Crippen LogP contribution is 2.18. The third-order valence-corrected chi connectivity index (χ3v) is 3.48. The third kappa shape index (κ3) is 6.33. The van der Waals surface area contributed by atoms with Crippen molar-refractivity contribution in [3.8, 4) is 5.75 Å². The lowest BCUT2D eigenvalue weighted by molar-refractivity contribution is 0.359. The molecule has 134 valence electrons. The van der Waals surface area contributed by atoms with Gasteiger partial charge in [0.05, 0.1) is 19.3 Å². The summed E-state index contributed by atoms with van der Waals surface area (Å²) < 4.78 is 7.60. The molecule has 6 heteroatoms. The van der Waals surface area contributed by atoms with E-state index in [2.05, 4.69) is 34.2 Å². The van der Waals surface area contributed by atoms with Gasteiger partial charge in [-0.05, 0) is 25.5 Å². The molecule has 0 radical (unpaired) electrons. The summed E-state index contributed by atoms with van der Waals surface area (Å²) >= 11 is 0. The molecular weight excluding hydrogens is 314 g/mol. The van der Waals surface area contributed by atoms with Gasteiger partial charge >= 0.3 is 0 Å². The first-order chi connectivity index (χ1) is 12.2. The number of guanidine groups is 1. The van der Waals surface area contributed by atoms with Gasteiger partial charge in [-0.3, -0.25) is 4.68 Å². The first kappa shape index (κ1) is 18.6. The Labute approximate surface area is 149 Å². The van der Waals surface area contributed by atoms with Gasteiger partial charge < -0.3 is 15.4 Å². The van der Waals surface area contributed by atoms with E-state index in [4.69, 9.17) is 4.74 Å². The molecule has 6 nitrogen and oxygen atoms in total. The number of aliphatic imine (C=N–C) groups is 1. The Balaban J connectivity index is 1.93. The lowest BCUT2D eigenvalue weighted by Crippen LogP contribution is -2.38. The molecule has 0 spiro atoms. The summed E-state index contributed by atoms with van der Waals surface area (Å²) in [5.41, 5.74) is 2.21. The van der Waals surface area contributed by atoms with Gasteiger partial charge in [-0.25, -0.2) is 4.99 Å². The fourth-order valence-electron chi connectivity index (χ4n) is 2.31. The fraction of sp³-hybridized carbons (Fsp3) is 0.368. The van der Waals surface area contributed by atoms with E-state index in [-0.39, 0.29) is 0 Å². The standard InChI is InChI=1S/C19H27N5O/c1-4-12-25-18-9-7-6-8-17(18)14-22-19(20-5-2)21-10-11-24-15-16(3)13-23-24/h4,6-9,13,15H,1,5,10-12,14H2,2-3H3,(H2,20,21,22). The van der Waals surface area contributed by atoms with Gasteiger partial charge in [0.2, 0.25) is 0 Å². The molecule has 0 unspecified atom stereocenters. The van der Waals surface area contributed by atoms with Gasteiger partial charge in [0, 0.05) is 24.8 Å². The Morgan fingerprint density at radius 2 is 2.20 bits per heavy atom. The average molecular weight is 341 g/mol. The number of benzene rings is 1. The van der Waals surface area contributed by atoms with Gasteiger partial charge in [0.1, 0.15) is 12.4 Å². The van der Waals surface area contributed by atoms with Crippen molar-refractivity contribution in [3.05, 3.63) is 60.4 Å². The van der Waals surface area contributed by atoms with Crippen molar-refractivity contribution in [2.75, 3.05) is 19.7 Å². The first-order valence-electron chi connectivity index (χ1n) is 8.55. The zero-order chi connectivity index (χ0) is 17.9.